The van der Waals surface area contributed by atoms with Crippen LogP contribution in [0.1, 0.15) is 18.9 Å². The highest BCUT2D eigenvalue weighted by molar-refractivity contribution is 7.62. The van der Waals surface area contributed by atoms with Crippen LogP contribution in [0.2, 0.25) is 0 Å². The van der Waals surface area contributed by atoms with Crippen molar-refractivity contribution in [2.45, 2.75) is 20.8 Å². The smallest absolute Gasteiger partial charge is 0.304 e. The van der Waals surface area contributed by atoms with E-state index in [-0.39, 0.29) is 0 Å². The first-order valence-electron chi connectivity index (χ1n) is 4.44. The van der Waals surface area contributed by atoms with Crippen LogP contribution in [0.15, 0.2) is 5.38 Å². The van der Waals surface area contributed by atoms with Gasteiger partial charge in [0, 0.05) is 5.38 Å². The summed E-state index contributed by atoms with van der Waals surface area (Å²) in [6.07, 6.45) is 0. The molecule has 80 valence electrons. The van der Waals surface area contributed by atoms with Gasteiger partial charge in [0.1, 0.15) is 0 Å². The van der Waals surface area contributed by atoms with Crippen molar-refractivity contribution in [3.8, 4) is 0 Å². The zero-order valence-electron chi connectivity index (χ0n) is 8.52. The van der Waals surface area contributed by atoms with E-state index >= 15 is 0 Å². The third-order valence-corrected chi connectivity index (χ3v) is 4.42. The van der Waals surface area contributed by atoms with Gasteiger partial charge in [-0.25, -0.2) is 4.98 Å². The van der Waals surface area contributed by atoms with E-state index in [1.54, 1.807) is 19.2 Å². The maximum absolute atomic E-state index is 12.1. The van der Waals surface area contributed by atoms with Crippen LogP contribution < -0.4 is 5.44 Å². The van der Waals surface area contributed by atoms with E-state index in [0.717, 1.165) is 5.01 Å². The highest BCUT2D eigenvalue weighted by atomic mass is 32.1. The highest BCUT2D eigenvalue weighted by Gasteiger charge is 2.29. The lowest BCUT2D eigenvalue weighted by Gasteiger charge is -2.13. The van der Waals surface area contributed by atoms with Gasteiger partial charge < -0.3 is 9.05 Å². The van der Waals surface area contributed by atoms with Crippen molar-refractivity contribution in [2.75, 3.05) is 13.2 Å². The SMILES string of the molecule is CCOP(=O)(OCC)c1csc(C)n1. The lowest BCUT2D eigenvalue weighted by atomic mass is 10.8. The van der Waals surface area contributed by atoms with Gasteiger partial charge in [0.05, 0.1) is 18.2 Å². The van der Waals surface area contributed by atoms with Crippen LogP contribution in [0, 0.1) is 6.92 Å². The Morgan fingerprint density at radius 3 is 2.36 bits per heavy atom. The highest BCUT2D eigenvalue weighted by Crippen LogP contribution is 2.46. The molecule has 0 saturated carbocycles. The van der Waals surface area contributed by atoms with Crippen LogP contribution in [0.3, 0.4) is 0 Å². The summed E-state index contributed by atoms with van der Waals surface area (Å²) in [5.74, 6) is 0. The number of thiazole rings is 1. The van der Waals surface area contributed by atoms with E-state index in [0.29, 0.717) is 18.6 Å². The normalized spacial score (nSPS) is 11.9. The molecule has 6 heteroatoms. The quantitative estimate of drug-likeness (QED) is 0.735. The van der Waals surface area contributed by atoms with E-state index in [1.807, 2.05) is 6.92 Å². The zero-order valence-corrected chi connectivity index (χ0v) is 10.2. The fourth-order valence-electron chi connectivity index (χ4n) is 0.987. The van der Waals surface area contributed by atoms with Crippen molar-refractivity contribution in [2.24, 2.45) is 0 Å². The average Bonchev–Trinajstić information content (AvgIpc) is 2.53. The molecule has 0 amide bonds. The van der Waals surface area contributed by atoms with Crippen LogP contribution in [0.4, 0.5) is 0 Å². The Kier molecular flexibility index (Phi) is 4.26. The molecular formula is C8H14NO3PS. The number of aromatic nitrogens is 1. The largest absolute Gasteiger partial charge is 0.380 e. The average molecular weight is 235 g/mol. The summed E-state index contributed by atoms with van der Waals surface area (Å²) >= 11 is 1.44. The molecule has 0 radical (unpaired) electrons. The first-order chi connectivity index (χ1) is 6.62. The molecule has 0 bridgehead atoms. The van der Waals surface area contributed by atoms with Gasteiger partial charge in [0.15, 0.2) is 5.44 Å². The predicted octanol–water partition coefficient (Wildman–Crippen LogP) is 2.34. The van der Waals surface area contributed by atoms with Gasteiger partial charge in [0.2, 0.25) is 0 Å². The van der Waals surface area contributed by atoms with Crippen molar-refractivity contribution in [3.05, 3.63) is 10.4 Å². The molecule has 0 N–H and O–H groups in total. The van der Waals surface area contributed by atoms with Gasteiger partial charge in [-0.05, 0) is 20.8 Å². The van der Waals surface area contributed by atoms with Crippen molar-refractivity contribution < 1.29 is 13.6 Å². The van der Waals surface area contributed by atoms with Gasteiger partial charge >= 0.3 is 7.60 Å². The minimum Gasteiger partial charge on any atom is -0.304 e. The van der Waals surface area contributed by atoms with Crippen molar-refractivity contribution in [1.29, 1.82) is 0 Å². The number of aryl methyl sites for hydroxylation is 1. The minimum atomic E-state index is -3.15. The summed E-state index contributed by atoms with van der Waals surface area (Å²) in [6, 6.07) is 0. The number of hydrogen-bond donors (Lipinski definition) is 0. The molecule has 1 aromatic rings. The van der Waals surface area contributed by atoms with Crippen LogP contribution >= 0.6 is 18.9 Å². The molecule has 1 rings (SSSR count). The first kappa shape index (κ1) is 11.9. The molecule has 0 atom stereocenters. The molecular weight excluding hydrogens is 221 g/mol. The molecule has 0 spiro atoms. The molecule has 1 heterocycles. The van der Waals surface area contributed by atoms with E-state index in [1.165, 1.54) is 11.3 Å². The fourth-order valence-corrected chi connectivity index (χ4v) is 3.50. The second kappa shape index (κ2) is 5.03. The summed E-state index contributed by atoms with van der Waals surface area (Å²) in [4.78, 5) is 4.13. The monoisotopic (exact) mass is 235 g/mol. The second-order valence-electron chi connectivity index (χ2n) is 2.56. The van der Waals surface area contributed by atoms with E-state index in [4.69, 9.17) is 9.05 Å². The number of nitrogens with zero attached hydrogens (tertiary/aromatic N) is 1. The molecule has 1 aromatic heterocycles. The molecule has 0 saturated heterocycles. The number of rotatable bonds is 5. The predicted molar refractivity (Wildman–Crippen MR) is 57.3 cm³/mol. The Morgan fingerprint density at radius 2 is 2.00 bits per heavy atom. The van der Waals surface area contributed by atoms with Gasteiger partial charge in [-0.1, -0.05) is 0 Å². The summed E-state index contributed by atoms with van der Waals surface area (Å²) < 4.78 is 22.4. The molecule has 14 heavy (non-hydrogen) atoms. The van der Waals surface area contributed by atoms with Gasteiger partial charge in [-0.15, -0.1) is 11.3 Å². The van der Waals surface area contributed by atoms with Crippen LogP contribution in [0.25, 0.3) is 0 Å². The van der Waals surface area contributed by atoms with E-state index in [2.05, 4.69) is 4.98 Å². The lowest BCUT2D eigenvalue weighted by molar-refractivity contribution is 0.229. The maximum Gasteiger partial charge on any atom is 0.380 e. The lowest BCUT2D eigenvalue weighted by Crippen LogP contribution is -2.11. The first-order valence-corrected chi connectivity index (χ1v) is 6.86. The summed E-state index contributed by atoms with van der Waals surface area (Å²) in [5.41, 5.74) is 0.420. The zero-order chi connectivity index (χ0) is 10.6. The number of hydrogen-bond acceptors (Lipinski definition) is 5. The van der Waals surface area contributed by atoms with Crippen LogP contribution in [-0.4, -0.2) is 18.2 Å². The van der Waals surface area contributed by atoms with Crippen LogP contribution in [0.5, 0.6) is 0 Å². The second-order valence-corrected chi connectivity index (χ2v) is 5.59. The fraction of sp³-hybridized carbons (Fsp3) is 0.625. The molecule has 0 aromatic carbocycles. The third kappa shape index (κ3) is 2.64. The Balaban J connectivity index is 2.93. The Morgan fingerprint density at radius 1 is 1.43 bits per heavy atom. The van der Waals surface area contributed by atoms with Crippen LogP contribution in [-0.2, 0) is 13.6 Å². The van der Waals surface area contributed by atoms with Gasteiger partial charge in [-0.3, -0.25) is 4.57 Å². The van der Waals surface area contributed by atoms with E-state index < -0.39 is 7.60 Å². The third-order valence-electron chi connectivity index (χ3n) is 1.49. The summed E-state index contributed by atoms with van der Waals surface area (Å²) in [6.45, 7) is 6.13. The van der Waals surface area contributed by atoms with Gasteiger partial charge in [0.25, 0.3) is 0 Å². The Bertz CT molecular complexity index is 329. The molecule has 0 aliphatic carbocycles. The Labute approximate surface area is 87.8 Å². The maximum atomic E-state index is 12.1. The summed E-state index contributed by atoms with van der Waals surface area (Å²) in [7, 11) is -3.15. The molecule has 0 fully saturated rings. The summed E-state index contributed by atoms with van der Waals surface area (Å²) in [5, 5.41) is 2.58. The van der Waals surface area contributed by atoms with Gasteiger partial charge in [-0.2, -0.15) is 0 Å². The topological polar surface area (TPSA) is 48.4 Å². The molecule has 4 nitrogen and oxygen atoms in total. The minimum absolute atomic E-state index is 0.355. The molecule has 0 unspecified atom stereocenters. The van der Waals surface area contributed by atoms with Crippen molar-refractivity contribution in [3.63, 3.8) is 0 Å². The standard InChI is InChI=1S/C8H14NO3PS/c1-4-11-13(10,12-5-2)8-6-14-7(3)9-8/h6H,4-5H2,1-3H3. The van der Waals surface area contributed by atoms with Crippen molar-refractivity contribution in [1.82, 2.24) is 4.98 Å². The molecule has 0 aliphatic heterocycles. The van der Waals surface area contributed by atoms with Crippen molar-refractivity contribution >= 4 is 24.4 Å². The van der Waals surface area contributed by atoms with E-state index in [9.17, 15) is 4.57 Å². The molecule has 0 aliphatic rings. The Hall–Kier alpha value is -0.220.